The van der Waals surface area contributed by atoms with E-state index in [1.807, 2.05) is 0 Å². The van der Waals surface area contributed by atoms with Crippen LogP contribution in [0.3, 0.4) is 0 Å². The Kier molecular flexibility index (Phi) is 12.6. The summed E-state index contributed by atoms with van der Waals surface area (Å²) >= 11 is 0. The zero-order chi connectivity index (χ0) is 11.2. The zero-order valence-corrected chi connectivity index (χ0v) is 9.97. The van der Waals surface area contributed by atoms with Crippen molar-refractivity contribution in [2.75, 3.05) is 6.61 Å². The van der Waals surface area contributed by atoms with E-state index in [0.29, 0.717) is 0 Å². The Balaban J connectivity index is 3.15. The zero-order valence-electron chi connectivity index (χ0n) is 9.97. The van der Waals surface area contributed by atoms with Crippen LogP contribution in [0.4, 0.5) is 0 Å². The van der Waals surface area contributed by atoms with Gasteiger partial charge in [0.15, 0.2) is 0 Å². The number of allylic oxidation sites excluding steroid dienone is 2. The maximum Gasteiger partial charge on any atom is 0.0440 e. The molecule has 0 aliphatic rings. The van der Waals surface area contributed by atoms with Gasteiger partial charge in [-0.15, -0.1) is 11.8 Å². The van der Waals surface area contributed by atoms with Gasteiger partial charge in [0.25, 0.3) is 0 Å². The lowest BCUT2D eigenvalue weighted by Crippen LogP contribution is -1.78. The molecule has 86 valence electrons. The van der Waals surface area contributed by atoms with E-state index in [2.05, 4.69) is 30.9 Å². The molecule has 1 heteroatoms. The number of hydrogen-bond donors (Lipinski definition) is 1. The second-order valence-electron chi connectivity index (χ2n) is 3.69. The van der Waals surface area contributed by atoms with Gasteiger partial charge >= 0.3 is 0 Å². The van der Waals surface area contributed by atoms with Crippen LogP contribution >= 0.6 is 0 Å². The number of hydrogen-bond acceptors (Lipinski definition) is 1. The summed E-state index contributed by atoms with van der Waals surface area (Å²) in [6, 6.07) is 0. The van der Waals surface area contributed by atoms with Crippen molar-refractivity contribution < 1.29 is 5.11 Å². The van der Waals surface area contributed by atoms with Gasteiger partial charge in [0, 0.05) is 19.4 Å². The van der Waals surface area contributed by atoms with Gasteiger partial charge in [-0.2, -0.15) is 0 Å². The SMILES string of the molecule is CCCC/C=C\CCCC#CCCCO. The van der Waals surface area contributed by atoms with Gasteiger partial charge in [0.2, 0.25) is 0 Å². The minimum Gasteiger partial charge on any atom is -0.396 e. The van der Waals surface area contributed by atoms with Gasteiger partial charge in [0.05, 0.1) is 0 Å². The number of rotatable bonds is 8. The molecule has 0 aromatic rings. The van der Waals surface area contributed by atoms with Gasteiger partial charge in [-0.25, -0.2) is 0 Å². The van der Waals surface area contributed by atoms with Crippen LogP contribution in [0.25, 0.3) is 0 Å². The minimum atomic E-state index is 0.259. The first-order chi connectivity index (χ1) is 7.41. The van der Waals surface area contributed by atoms with Crippen LogP contribution in [0.1, 0.15) is 58.3 Å². The van der Waals surface area contributed by atoms with E-state index in [0.717, 1.165) is 32.1 Å². The highest BCUT2D eigenvalue weighted by Crippen LogP contribution is 1.99. The fraction of sp³-hybridized carbons (Fsp3) is 0.714. The van der Waals surface area contributed by atoms with Gasteiger partial charge in [-0.05, 0) is 25.7 Å². The Morgan fingerprint density at radius 2 is 1.53 bits per heavy atom. The fourth-order valence-electron chi connectivity index (χ4n) is 1.21. The number of aliphatic hydroxyl groups excluding tert-OH is 1. The van der Waals surface area contributed by atoms with E-state index in [1.54, 1.807) is 0 Å². The van der Waals surface area contributed by atoms with Crippen LogP contribution in [0.2, 0.25) is 0 Å². The maximum atomic E-state index is 8.53. The third kappa shape index (κ3) is 13.3. The van der Waals surface area contributed by atoms with E-state index < -0.39 is 0 Å². The van der Waals surface area contributed by atoms with Gasteiger partial charge < -0.3 is 5.11 Å². The Labute approximate surface area is 94.6 Å². The highest BCUT2D eigenvalue weighted by atomic mass is 16.2. The van der Waals surface area contributed by atoms with Crippen LogP contribution in [0.15, 0.2) is 12.2 Å². The van der Waals surface area contributed by atoms with E-state index in [4.69, 9.17) is 5.11 Å². The van der Waals surface area contributed by atoms with Crippen molar-refractivity contribution in [1.29, 1.82) is 0 Å². The minimum absolute atomic E-state index is 0.259. The smallest absolute Gasteiger partial charge is 0.0440 e. The summed E-state index contributed by atoms with van der Waals surface area (Å²) in [5.41, 5.74) is 0. The molecule has 0 rings (SSSR count). The van der Waals surface area contributed by atoms with Crippen LogP contribution in [-0.2, 0) is 0 Å². The lowest BCUT2D eigenvalue weighted by atomic mass is 10.2. The average molecular weight is 208 g/mol. The molecule has 1 nitrogen and oxygen atoms in total. The van der Waals surface area contributed by atoms with Crippen molar-refractivity contribution in [2.24, 2.45) is 0 Å². The molecule has 15 heavy (non-hydrogen) atoms. The molecule has 0 aliphatic carbocycles. The van der Waals surface area contributed by atoms with E-state index in [9.17, 15) is 0 Å². The molecule has 0 aromatic carbocycles. The third-order valence-corrected chi connectivity index (χ3v) is 2.15. The van der Waals surface area contributed by atoms with E-state index >= 15 is 0 Å². The molecule has 0 bridgehead atoms. The average Bonchev–Trinajstić information content (AvgIpc) is 2.26. The Bertz CT molecular complexity index is 195. The second-order valence-corrected chi connectivity index (χ2v) is 3.69. The van der Waals surface area contributed by atoms with Crippen LogP contribution < -0.4 is 0 Å². The highest BCUT2D eigenvalue weighted by Gasteiger charge is 1.82. The molecule has 0 aliphatic heterocycles. The molecule has 0 fully saturated rings. The predicted molar refractivity (Wildman–Crippen MR) is 66.6 cm³/mol. The first kappa shape index (κ1) is 14.3. The van der Waals surface area contributed by atoms with Gasteiger partial charge in [0.1, 0.15) is 0 Å². The Morgan fingerprint density at radius 3 is 2.13 bits per heavy atom. The lowest BCUT2D eigenvalue weighted by Gasteiger charge is -1.90. The topological polar surface area (TPSA) is 20.2 Å². The number of unbranched alkanes of at least 4 members (excludes halogenated alkanes) is 5. The molecule has 0 heterocycles. The summed E-state index contributed by atoms with van der Waals surface area (Å²) < 4.78 is 0. The predicted octanol–water partition coefficient (Wildman–Crippen LogP) is 3.68. The van der Waals surface area contributed by atoms with Crippen molar-refractivity contribution in [3.63, 3.8) is 0 Å². The molecule has 0 atom stereocenters. The molecule has 0 radical (unpaired) electrons. The van der Waals surface area contributed by atoms with Gasteiger partial charge in [-0.3, -0.25) is 0 Å². The molecular weight excluding hydrogens is 184 g/mol. The summed E-state index contributed by atoms with van der Waals surface area (Å²) in [6.07, 6.45) is 13.3. The van der Waals surface area contributed by atoms with Crippen molar-refractivity contribution in [3.8, 4) is 11.8 Å². The molecule has 0 spiro atoms. The molecular formula is C14H24O. The van der Waals surface area contributed by atoms with E-state index in [1.165, 1.54) is 19.3 Å². The highest BCUT2D eigenvalue weighted by molar-refractivity contribution is 4.98. The maximum absolute atomic E-state index is 8.53. The van der Waals surface area contributed by atoms with Crippen molar-refractivity contribution in [2.45, 2.75) is 58.3 Å². The van der Waals surface area contributed by atoms with E-state index in [-0.39, 0.29) is 6.61 Å². The van der Waals surface area contributed by atoms with Crippen LogP contribution in [-0.4, -0.2) is 11.7 Å². The third-order valence-electron chi connectivity index (χ3n) is 2.15. The molecule has 0 unspecified atom stereocenters. The van der Waals surface area contributed by atoms with Crippen molar-refractivity contribution in [1.82, 2.24) is 0 Å². The first-order valence-electron chi connectivity index (χ1n) is 6.13. The largest absolute Gasteiger partial charge is 0.396 e. The molecule has 0 amide bonds. The van der Waals surface area contributed by atoms with Crippen molar-refractivity contribution >= 4 is 0 Å². The monoisotopic (exact) mass is 208 g/mol. The molecule has 0 saturated carbocycles. The summed E-state index contributed by atoms with van der Waals surface area (Å²) in [4.78, 5) is 0. The summed E-state index contributed by atoms with van der Waals surface area (Å²) in [5, 5.41) is 8.53. The number of aliphatic hydroxyl groups is 1. The molecule has 0 aromatic heterocycles. The molecule has 0 saturated heterocycles. The first-order valence-corrected chi connectivity index (χ1v) is 6.13. The summed E-state index contributed by atoms with van der Waals surface area (Å²) in [6.45, 7) is 2.48. The second kappa shape index (κ2) is 13.3. The lowest BCUT2D eigenvalue weighted by molar-refractivity contribution is 0.290. The Hall–Kier alpha value is -0.740. The summed E-state index contributed by atoms with van der Waals surface area (Å²) in [5.74, 6) is 6.19. The Morgan fingerprint density at radius 1 is 0.933 bits per heavy atom. The standard InChI is InChI=1S/C14H24O/c1-2-3-4-5-6-7-8-9-10-11-12-13-14-15/h5-6,15H,2-4,7-9,12-14H2,1H3/b6-5-. The summed E-state index contributed by atoms with van der Waals surface area (Å²) in [7, 11) is 0. The fourth-order valence-corrected chi connectivity index (χ4v) is 1.21. The molecule has 1 N–H and O–H groups in total. The normalized spacial score (nSPS) is 10.3. The quantitative estimate of drug-likeness (QED) is 0.366. The van der Waals surface area contributed by atoms with Gasteiger partial charge in [-0.1, -0.05) is 31.9 Å². The van der Waals surface area contributed by atoms with Crippen LogP contribution in [0.5, 0.6) is 0 Å². The van der Waals surface area contributed by atoms with Crippen LogP contribution in [0, 0.1) is 11.8 Å². The van der Waals surface area contributed by atoms with Crippen molar-refractivity contribution in [3.05, 3.63) is 12.2 Å².